The Morgan fingerprint density at radius 2 is 2.13 bits per heavy atom. The highest BCUT2D eigenvalue weighted by molar-refractivity contribution is 5.94. The highest BCUT2D eigenvalue weighted by atomic mass is 19.1. The van der Waals surface area contributed by atoms with E-state index < -0.39 is 0 Å². The number of pyridine rings is 1. The number of nitrogens with zero attached hydrogens (tertiary/aromatic N) is 4. The van der Waals surface area contributed by atoms with Crippen LogP contribution < -0.4 is 10.2 Å². The lowest BCUT2D eigenvalue weighted by Gasteiger charge is -2.24. The number of aryl methyl sites for hydroxylation is 3. The van der Waals surface area contributed by atoms with Gasteiger partial charge in [-0.25, -0.2) is 9.37 Å². The normalized spacial score (nSPS) is 21.5. The SMILES string of the molecule is CCc1cc(F)c2nc(N3CC[C@H](N[C@@H]4CCOC4)C3)c(-c3ccn(C)n3)c(C)c2c1. The summed E-state index contributed by atoms with van der Waals surface area (Å²) in [6.07, 6.45) is 4.83. The fraction of sp³-hybridized carbons (Fsp3) is 0.500. The summed E-state index contributed by atoms with van der Waals surface area (Å²) < 4.78 is 22.4. The van der Waals surface area contributed by atoms with Gasteiger partial charge in [0.1, 0.15) is 17.2 Å². The molecule has 5 rings (SSSR count). The van der Waals surface area contributed by atoms with E-state index >= 15 is 4.39 Å². The van der Waals surface area contributed by atoms with E-state index in [1.165, 1.54) is 0 Å². The summed E-state index contributed by atoms with van der Waals surface area (Å²) in [7, 11) is 1.92. The van der Waals surface area contributed by atoms with Gasteiger partial charge in [0.2, 0.25) is 0 Å². The van der Waals surface area contributed by atoms with E-state index in [0.29, 0.717) is 17.6 Å². The minimum Gasteiger partial charge on any atom is -0.380 e. The van der Waals surface area contributed by atoms with Crippen LogP contribution in [0, 0.1) is 12.7 Å². The third kappa shape index (κ3) is 3.81. The maximum absolute atomic E-state index is 15.0. The molecule has 0 saturated carbocycles. The average Bonchev–Trinajstić information content (AvgIpc) is 3.51. The quantitative estimate of drug-likeness (QED) is 0.680. The first kappa shape index (κ1) is 20.4. The first-order chi connectivity index (χ1) is 15.0. The first-order valence-electron chi connectivity index (χ1n) is 11.2. The lowest BCUT2D eigenvalue weighted by Crippen LogP contribution is -2.40. The predicted octanol–water partition coefficient (Wildman–Crippen LogP) is 3.60. The number of nitrogens with one attached hydrogen (secondary N) is 1. The van der Waals surface area contributed by atoms with Crippen molar-refractivity contribution in [3.05, 3.63) is 41.3 Å². The molecule has 2 atom stereocenters. The van der Waals surface area contributed by atoms with Crippen LogP contribution in [0.3, 0.4) is 0 Å². The van der Waals surface area contributed by atoms with E-state index in [4.69, 9.17) is 9.72 Å². The maximum Gasteiger partial charge on any atom is 0.149 e. The van der Waals surface area contributed by atoms with Gasteiger partial charge in [0.25, 0.3) is 0 Å². The lowest BCUT2D eigenvalue weighted by molar-refractivity contribution is 0.188. The summed E-state index contributed by atoms with van der Waals surface area (Å²) >= 11 is 0. The van der Waals surface area contributed by atoms with E-state index in [-0.39, 0.29) is 5.82 Å². The molecule has 6 nitrogen and oxygen atoms in total. The molecule has 2 fully saturated rings. The molecule has 1 N–H and O–H groups in total. The number of benzene rings is 1. The van der Waals surface area contributed by atoms with Crippen molar-refractivity contribution in [3.8, 4) is 11.3 Å². The van der Waals surface area contributed by atoms with Crippen LogP contribution in [0.2, 0.25) is 0 Å². The number of hydrogen-bond donors (Lipinski definition) is 1. The van der Waals surface area contributed by atoms with Gasteiger partial charge in [-0.05, 0) is 55.5 Å². The number of rotatable bonds is 5. The molecule has 1 aromatic carbocycles. The monoisotopic (exact) mass is 423 g/mol. The van der Waals surface area contributed by atoms with Crippen LogP contribution in [0.25, 0.3) is 22.2 Å². The Hall–Kier alpha value is -2.51. The van der Waals surface area contributed by atoms with E-state index in [2.05, 4.69) is 28.3 Å². The largest absolute Gasteiger partial charge is 0.380 e. The Bertz CT molecular complexity index is 1110. The van der Waals surface area contributed by atoms with Gasteiger partial charge in [-0.15, -0.1) is 0 Å². The third-order valence-electron chi connectivity index (χ3n) is 6.61. The standard InChI is InChI=1S/C24H30FN5O/c1-4-16-11-19-15(2)22(21-6-8-29(3)28-21)24(27-23(19)20(25)12-16)30-9-5-17(13-30)26-18-7-10-31-14-18/h6,8,11-12,17-18,26H,4-5,7,9-10,13-14H2,1-3H3/t17-,18+/m0/s1. The summed E-state index contributed by atoms with van der Waals surface area (Å²) in [5, 5.41) is 9.28. The summed E-state index contributed by atoms with van der Waals surface area (Å²) in [6, 6.07) is 6.52. The molecule has 0 bridgehead atoms. The van der Waals surface area contributed by atoms with Gasteiger partial charge >= 0.3 is 0 Å². The molecule has 31 heavy (non-hydrogen) atoms. The summed E-state index contributed by atoms with van der Waals surface area (Å²) in [4.78, 5) is 7.18. The fourth-order valence-electron chi connectivity index (χ4n) is 4.89. The second-order valence-corrected chi connectivity index (χ2v) is 8.80. The van der Waals surface area contributed by atoms with E-state index in [9.17, 15) is 0 Å². The zero-order chi connectivity index (χ0) is 21.5. The minimum atomic E-state index is -0.247. The summed E-state index contributed by atoms with van der Waals surface area (Å²) in [5.41, 5.74) is 4.36. The predicted molar refractivity (Wildman–Crippen MR) is 121 cm³/mol. The van der Waals surface area contributed by atoms with Gasteiger partial charge in [0.05, 0.1) is 12.3 Å². The van der Waals surface area contributed by atoms with Gasteiger partial charge in [0, 0.05) is 56.0 Å². The molecular formula is C24H30FN5O. The number of anilines is 1. The van der Waals surface area contributed by atoms with Crippen molar-refractivity contribution in [2.24, 2.45) is 7.05 Å². The number of aromatic nitrogens is 3. The molecule has 2 saturated heterocycles. The van der Waals surface area contributed by atoms with Crippen LogP contribution in [0.15, 0.2) is 24.4 Å². The smallest absolute Gasteiger partial charge is 0.149 e. The Morgan fingerprint density at radius 1 is 1.26 bits per heavy atom. The average molecular weight is 424 g/mol. The van der Waals surface area contributed by atoms with Gasteiger partial charge < -0.3 is 15.0 Å². The van der Waals surface area contributed by atoms with E-state index in [0.717, 1.165) is 79.2 Å². The second-order valence-electron chi connectivity index (χ2n) is 8.80. The van der Waals surface area contributed by atoms with Gasteiger partial charge in [-0.3, -0.25) is 4.68 Å². The molecular weight excluding hydrogens is 393 g/mol. The lowest BCUT2D eigenvalue weighted by atomic mass is 9.98. The fourth-order valence-corrected chi connectivity index (χ4v) is 4.89. The topological polar surface area (TPSA) is 55.2 Å². The molecule has 0 unspecified atom stereocenters. The zero-order valence-electron chi connectivity index (χ0n) is 18.5. The summed E-state index contributed by atoms with van der Waals surface area (Å²) in [6.45, 7) is 7.47. The van der Waals surface area contributed by atoms with Crippen LogP contribution in [0.4, 0.5) is 10.2 Å². The van der Waals surface area contributed by atoms with Crippen molar-refractivity contribution >= 4 is 16.7 Å². The molecule has 3 aromatic rings. The van der Waals surface area contributed by atoms with Gasteiger partial charge in [-0.1, -0.05) is 6.92 Å². The highest BCUT2D eigenvalue weighted by Gasteiger charge is 2.30. The Labute approximate surface area is 182 Å². The van der Waals surface area contributed by atoms with Gasteiger partial charge in [-0.2, -0.15) is 5.10 Å². The molecule has 2 aliphatic heterocycles. The Morgan fingerprint density at radius 3 is 2.84 bits per heavy atom. The second kappa shape index (κ2) is 8.20. The highest BCUT2D eigenvalue weighted by Crippen LogP contribution is 2.38. The number of ether oxygens (including phenoxy) is 1. The van der Waals surface area contributed by atoms with Crippen molar-refractivity contribution in [2.45, 2.75) is 45.2 Å². The molecule has 0 spiro atoms. The van der Waals surface area contributed by atoms with Crippen molar-refractivity contribution < 1.29 is 9.13 Å². The van der Waals surface area contributed by atoms with E-state index in [1.807, 2.05) is 26.2 Å². The summed E-state index contributed by atoms with van der Waals surface area (Å²) in [5.74, 6) is 0.585. The van der Waals surface area contributed by atoms with Crippen molar-refractivity contribution in [3.63, 3.8) is 0 Å². The molecule has 2 aromatic heterocycles. The molecule has 2 aliphatic rings. The number of fused-ring (bicyclic) bond motifs is 1. The Balaban J connectivity index is 1.58. The van der Waals surface area contributed by atoms with Crippen molar-refractivity contribution in [1.82, 2.24) is 20.1 Å². The molecule has 0 radical (unpaired) electrons. The third-order valence-corrected chi connectivity index (χ3v) is 6.61. The molecule has 4 heterocycles. The van der Waals surface area contributed by atoms with Gasteiger partial charge in [0.15, 0.2) is 0 Å². The molecule has 7 heteroatoms. The molecule has 0 amide bonds. The van der Waals surface area contributed by atoms with Crippen LogP contribution in [0.1, 0.15) is 30.9 Å². The van der Waals surface area contributed by atoms with Crippen LogP contribution in [-0.2, 0) is 18.2 Å². The van der Waals surface area contributed by atoms with Crippen molar-refractivity contribution in [1.29, 1.82) is 0 Å². The number of hydrogen-bond acceptors (Lipinski definition) is 5. The van der Waals surface area contributed by atoms with Crippen LogP contribution in [0.5, 0.6) is 0 Å². The Kier molecular flexibility index (Phi) is 5.40. The zero-order valence-corrected chi connectivity index (χ0v) is 18.5. The van der Waals surface area contributed by atoms with Crippen LogP contribution in [-0.4, -0.2) is 53.2 Å². The van der Waals surface area contributed by atoms with Crippen LogP contribution >= 0.6 is 0 Å². The minimum absolute atomic E-state index is 0.247. The first-order valence-corrected chi connectivity index (χ1v) is 11.2. The van der Waals surface area contributed by atoms with E-state index in [1.54, 1.807) is 10.7 Å². The maximum atomic E-state index is 15.0. The number of halogens is 1. The molecule has 164 valence electrons. The molecule has 0 aliphatic carbocycles. The van der Waals surface area contributed by atoms with Crippen molar-refractivity contribution in [2.75, 3.05) is 31.2 Å².